The third-order valence-electron chi connectivity index (χ3n) is 4.71. The summed E-state index contributed by atoms with van der Waals surface area (Å²) >= 11 is 14.9. The summed E-state index contributed by atoms with van der Waals surface area (Å²) in [4.78, 5) is 32.1. The Labute approximate surface area is 196 Å². The van der Waals surface area contributed by atoms with Crippen molar-refractivity contribution in [3.8, 4) is 5.69 Å². The number of aromatic nitrogens is 2. The number of carbonyl (C=O) groups is 1. The van der Waals surface area contributed by atoms with Gasteiger partial charge in [0, 0.05) is 4.88 Å². The third kappa shape index (κ3) is 4.52. The van der Waals surface area contributed by atoms with Gasteiger partial charge < -0.3 is 9.73 Å². The van der Waals surface area contributed by atoms with Crippen molar-refractivity contribution in [2.45, 2.75) is 25.5 Å². The molecular weight excluding hydrogens is 477 g/mol. The first kappa shape index (κ1) is 22.0. The molecule has 3 heterocycles. The van der Waals surface area contributed by atoms with E-state index < -0.39 is 0 Å². The van der Waals surface area contributed by atoms with Crippen molar-refractivity contribution in [1.29, 1.82) is 0 Å². The molecule has 0 bridgehead atoms. The molecule has 0 fully saturated rings. The number of furan rings is 1. The molecule has 4 rings (SSSR count). The molecule has 0 saturated heterocycles. The molecule has 0 radical (unpaired) electrons. The number of thioether (sulfide) groups is 1. The number of nitrogens with one attached hydrogen (secondary N) is 1. The number of hydrogen-bond acceptors (Lipinski definition) is 6. The van der Waals surface area contributed by atoms with Crippen molar-refractivity contribution in [2.75, 3.05) is 5.75 Å². The molecule has 160 valence electrons. The summed E-state index contributed by atoms with van der Waals surface area (Å²) in [5.41, 5.74) is 1.23. The number of amides is 1. The van der Waals surface area contributed by atoms with Crippen molar-refractivity contribution in [1.82, 2.24) is 14.9 Å². The first-order valence-corrected chi connectivity index (χ1v) is 11.8. The van der Waals surface area contributed by atoms with Crippen molar-refractivity contribution in [2.24, 2.45) is 0 Å². The standard InChI is InChI=1S/C21H17Cl2N3O3S2/c1-11-12(2)31-19-18(11)20(28)26(13-5-6-15(22)16(23)8-13)21(25-19)30-10-17(27)24-9-14-4-3-7-29-14/h3-8H,9-10H2,1-2H3,(H,24,27). The fourth-order valence-electron chi connectivity index (χ4n) is 3.00. The molecule has 0 saturated carbocycles. The summed E-state index contributed by atoms with van der Waals surface area (Å²) in [6.45, 7) is 4.16. The molecule has 1 aromatic carbocycles. The van der Waals surface area contributed by atoms with E-state index in [4.69, 9.17) is 32.6 Å². The van der Waals surface area contributed by atoms with Crippen molar-refractivity contribution in [3.63, 3.8) is 0 Å². The topological polar surface area (TPSA) is 77.1 Å². The highest BCUT2D eigenvalue weighted by molar-refractivity contribution is 7.99. The van der Waals surface area contributed by atoms with E-state index in [9.17, 15) is 9.59 Å². The van der Waals surface area contributed by atoms with Crippen LogP contribution in [0.25, 0.3) is 15.9 Å². The second-order valence-corrected chi connectivity index (χ2v) is 9.70. The van der Waals surface area contributed by atoms with Crippen LogP contribution >= 0.6 is 46.3 Å². The maximum absolute atomic E-state index is 13.4. The van der Waals surface area contributed by atoms with Crippen LogP contribution in [0.3, 0.4) is 0 Å². The lowest BCUT2D eigenvalue weighted by atomic mass is 10.2. The number of hydrogen-bond donors (Lipinski definition) is 1. The largest absolute Gasteiger partial charge is 0.467 e. The molecular formula is C21H17Cl2N3O3S2. The van der Waals surface area contributed by atoms with E-state index in [0.29, 0.717) is 43.4 Å². The van der Waals surface area contributed by atoms with Gasteiger partial charge in [0.2, 0.25) is 5.91 Å². The van der Waals surface area contributed by atoms with E-state index in [1.165, 1.54) is 27.7 Å². The van der Waals surface area contributed by atoms with Crippen LogP contribution in [0, 0.1) is 13.8 Å². The number of rotatable bonds is 6. The average molecular weight is 494 g/mol. The molecule has 0 unspecified atom stereocenters. The minimum atomic E-state index is -0.205. The first-order valence-electron chi connectivity index (χ1n) is 9.25. The van der Waals surface area contributed by atoms with Crippen LogP contribution < -0.4 is 10.9 Å². The Balaban J connectivity index is 1.70. The molecule has 4 aromatic rings. The number of benzene rings is 1. The van der Waals surface area contributed by atoms with E-state index in [-0.39, 0.29) is 17.2 Å². The van der Waals surface area contributed by atoms with Gasteiger partial charge in [0.15, 0.2) is 5.16 Å². The summed E-state index contributed by atoms with van der Waals surface area (Å²) in [6, 6.07) is 8.50. The molecule has 6 nitrogen and oxygen atoms in total. The summed E-state index contributed by atoms with van der Waals surface area (Å²) in [5.74, 6) is 0.550. The number of thiophene rings is 1. The van der Waals surface area contributed by atoms with Crippen LogP contribution in [0.4, 0.5) is 0 Å². The number of carbonyl (C=O) groups excluding carboxylic acids is 1. The van der Waals surface area contributed by atoms with Crippen LogP contribution in [-0.4, -0.2) is 21.2 Å². The fraction of sp³-hybridized carbons (Fsp3) is 0.190. The zero-order chi connectivity index (χ0) is 22.1. The molecule has 0 atom stereocenters. The van der Waals surface area contributed by atoms with Crippen molar-refractivity contribution < 1.29 is 9.21 Å². The number of fused-ring (bicyclic) bond motifs is 1. The van der Waals surface area contributed by atoms with Crippen LogP contribution in [0.2, 0.25) is 10.0 Å². The molecule has 0 aliphatic carbocycles. The van der Waals surface area contributed by atoms with Gasteiger partial charge in [0.1, 0.15) is 10.6 Å². The van der Waals surface area contributed by atoms with Crippen molar-refractivity contribution >= 4 is 62.4 Å². The lowest BCUT2D eigenvalue weighted by Gasteiger charge is -2.13. The second-order valence-electron chi connectivity index (χ2n) is 6.74. The molecule has 0 spiro atoms. The lowest BCUT2D eigenvalue weighted by molar-refractivity contribution is -0.118. The Bertz CT molecular complexity index is 1330. The predicted octanol–water partition coefficient (Wildman–Crippen LogP) is 5.37. The Morgan fingerprint density at radius 1 is 1.26 bits per heavy atom. The minimum absolute atomic E-state index is 0.0866. The molecule has 0 aliphatic heterocycles. The van der Waals surface area contributed by atoms with E-state index >= 15 is 0 Å². The SMILES string of the molecule is Cc1sc2nc(SCC(=O)NCc3ccco3)n(-c3ccc(Cl)c(Cl)c3)c(=O)c2c1C. The Morgan fingerprint density at radius 3 is 2.77 bits per heavy atom. The zero-order valence-electron chi connectivity index (χ0n) is 16.6. The number of nitrogens with zero attached hydrogens (tertiary/aromatic N) is 2. The fourth-order valence-corrected chi connectivity index (χ4v) is 5.21. The van der Waals surface area contributed by atoms with Gasteiger partial charge in [-0.15, -0.1) is 11.3 Å². The van der Waals surface area contributed by atoms with Gasteiger partial charge in [-0.3, -0.25) is 14.2 Å². The van der Waals surface area contributed by atoms with Gasteiger partial charge >= 0.3 is 0 Å². The highest BCUT2D eigenvalue weighted by Gasteiger charge is 2.19. The molecule has 3 aromatic heterocycles. The Hall–Kier alpha value is -2.26. The average Bonchev–Trinajstić information content (AvgIpc) is 3.35. The maximum atomic E-state index is 13.4. The number of halogens is 2. The van der Waals surface area contributed by atoms with Crippen molar-refractivity contribution in [3.05, 3.63) is 73.2 Å². The minimum Gasteiger partial charge on any atom is -0.467 e. The molecule has 10 heteroatoms. The summed E-state index contributed by atoms with van der Waals surface area (Å²) < 4.78 is 6.70. The van der Waals surface area contributed by atoms with E-state index in [2.05, 4.69) is 5.32 Å². The molecule has 1 N–H and O–H groups in total. The Kier molecular flexibility index (Phi) is 6.43. The normalized spacial score (nSPS) is 11.2. The van der Waals surface area contributed by atoms with Gasteiger partial charge in [-0.2, -0.15) is 0 Å². The van der Waals surface area contributed by atoms with Gasteiger partial charge in [-0.25, -0.2) is 4.98 Å². The van der Waals surface area contributed by atoms with Gasteiger partial charge in [-0.05, 0) is 49.7 Å². The number of aryl methyl sites for hydroxylation is 2. The van der Waals surface area contributed by atoms with E-state index in [1.54, 1.807) is 36.6 Å². The molecule has 1 amide bonds. The lowest BCUT2D eigenvalue weighted by Crippen LogP contribution is -2.26. The van der Waals surface area contributed by atoms with Crippen LogP contribution in [0.1, 0.15) is 16.2 Å². The first-order chi connectivity index (χ1) is 14.8. The predicted molar refractivity (Wildman–Crippen MR) is 126 cm³/mol. The summed E-state index contributed by atoms with van der Waals surface area (Å²) in [6.07, 6.45) is 1.55. The van der Waals surface area contributed by atoms with Crippen LogP contribution in [-0.2, 0) is 11.3 Å². The zero-order valence-corrected chi connectivity index (χ0v) is 19.7. The van der Waals surface area contributed by atoms with Gasteiger partial charge in [0.25, 0.3) is 5.56 Å². The highest BCUT2D eigenvalue weighted by atomic mass is 35.5. The quantitative estimate of drug-likeness (QED) is 0.288. The monoisotopic (exact) mass is 493 g/mol. The molecule has 31 heavy (non-hydrogen) atoms. The smallest absolute Gasteiger partial charge is 0.267 e. The van der Waals surface area contributed by atoms with Crippen LogP contribution in [0.15, 0.2) is 51.0 Å². The summed E-state index contributed by atoms with van der Waals surface area (Å²) in [7, 11) is 0. The van der Waals surface area contributed by atoms with Gasteiger partial charge in [-0.1, -0.05) is 35.0 Å². The second kappa shape index (κ2) is 9.08. The summed E-state index contributed by atoms with van der Waals surface area (Å²) in [5, 5.41) is 4.49. The maximum Gasteiger partial charge on any atom is 0.267 e. The molecule has 0 aliphatic rings. The van der Waals surface area contributed by atoms with Gasteiger partial charge in [0.05, 0.1) is 39.7 Å². The van der Waals surface area contributed by atoms with Crippen LogP contribution in [0.5, 0.6) is 0 Å². The van der Waals surface area contributed by atoms with E-state index in [0.717, 1.165) is 10.4 Å². The highest BCUT2D eigenvalue weighted by Crippen LogP contribution is 2.31. The van der Waals surface area contributed by atoms with E-state index in [1.807, 2.05) is 13.8 Å². The third-order valence-corrected chi connectivity index (χ3v) is 7.48. The Morgan fingerprint density at radius 2 is 2.06 bits per heavy atom.